The second-order valence-corrected chi connectivity index (χ2v) is 4.68. The molecule has 1 unspecified atom stereocenters. The van der Waals surface area contributed by atoms with Gasteiger partial charge in [-0.3, -0.25) is 4.79 Å². The molecule has 19 heavy (non-hydrogen) atoms. The fourth-order valence-corrected chi connectivity index (χ4v) is 2.45. The third-order valence-electron chi connectivity index (χ3n) is 3.45. The number of hydrogen-bond acceptors (Lipinski definition) is 4. The summed E-state index contributed by atoms with van der Waals surface area (Å²) >= 11 is 0. The van der Waals surface area contributed by atoms with Crippen LogP contribution >= 0.6 is 0 Å². The number of rotatable bonds is 2. The van der Waals surface area contributed by atoms with Crippen LogP contribution in [-0.2, 0) is 4.79 Å². The monoisotopic (exact) mass is 256 g/mol. The molecule has 0 spiro atoms. The van der Waals surface area contributed by atoms with Gasteiger partial charge in [0, 0.05) is 25.0 Å². The molecule has 0 aliphatic carbocycles. The van der Waals surface area contributed by atoms with Crippen LogP contribution in [0.2, 0.25) is 0 Å². The fourth-order valence-electron chi connectivity index (χ4n) is 2.45. The number of piperazine rings is 1. The molecule has 1 aliphatic heterocycles. The number of nitrogens with two attached hydrogens (primary N) is 1. The van der Waals surface area contributed by atoms with Gasteiger partial charge in [0.25, 0.3) is 0 Å². The number of anilines is 1. The Bertz CT molecular complexity index is 613. The number of nitrogens with zero attached hydrogens (tertiary/aromatic N) is 2. The van der Waals surface area contributed by atoms with Crippen molar-refractivity contribution in [3.05, 3.63) is 36.4 Å². The Morgan fingerprint density at radius 1 is 1.32 bits per heavy atom. The second kappa shape index (κ2) is 4.85. The minimum atomic E-state index is -0.331. The van der Waals surface area contributed by atoms with Gasteiger partial charge in [-0.1, -0.05) is 18.2 Å². The standard InChI is InChI=1S/C14H16N4O/c15-14(19)12-9-16-7-8-18(12)13-6-5-10-3-1-2-4-11(10)17-13/h1-6,12,16H,7-9H2,(H2,15,19). The molecule has 3 N–H and O–H groups in total. The highest BCUT2D eigenvalue weighted by molar-refractivity contribution is 5.85. The Morgan fingerprint density at radius 2 is 2.16 bits per heavy atom. The van der Waals surface area contributed by atoms with Crippen LogP contribution in [0.4, 0.5) is 5.82 Å². The minimum absolute atomic E-state index is 0.317. The van der Waals surface area contributed by atoms with Crippen LogP contribution < -0.4 is 16.0 Å². The molecule has 0 radical (unpaired) electrons. The predicted molar refractivity (Wildman–Crippen MR) is 74.9 cm³/mol. The van der Waals surface area contributed by atoms with Gasteiger partial charge in [-0.15, -0.1) is 0 Å². The van der Waals surface area contributed by atoms with E-state index in [1.54, 1.807) is 0 Å². The largest absolute Gasteiger partial charge is 0.368 e. The molecule has 1 aromatic carbocycles. The second-order valence-electron chi connectivity index (χ2n) is 4.68. The van der Waals surface area contributed by atoms with Gasteiger partial charge in [-0.25, -0.2) is 4.98 Å². The van der Waals surface area contributed by atoms with Crippen molar-refractivity contribution in [1.29, 1.82) is 0 Å². The molecule has 3 rings (SSSR count). The number of benzene rings is 1. The van der Waals surface area contributed by atoms with E-state index in [4.69, 9.17) is 5.73 Å². The maximum Gasteiger partial charge on any atom is 0.241 e. The molecule has 2 heterocycles. The summed E-state index contributed by atoms with van der Waals surface area (Å²) in [5.41, 5.74) is 6.39. The zero-order valence-electron chi connectivity index (χ0n) is 10.5. The first-order chi connectivity index (χ1) is 9.25. The summed E-state index contributed by atoms with van der Waals surface area (Å²) in [5, 5.41) is 4.28. The van der Waals surface area contributed by atoms with E-state index < -0.39 is 0 Å². The van der Waals surface area contributed by atoms with Gasteiger partial charge < -0.3 is 16.0 Å². The molecule has 1 atom stereocenters. The number of aromatic nitrogens is 1. The molecule has 1 amide bonds. The molecular weight excluding hydrogens is 240 g/mol. The third kappa shape index (κ3) is 2.24. The molecule has 1 fully saturated rings. The maximum absolute atomic E-state index is 11.5. The van der Waals surface area contributed by atoms with Crippen molar-refractivity contribution in [3.63, 3.8) is 0 Å². The summed E-state index contributed by atoms with van der Waals surface area (Å²) < 4.78 is 0. The van der Waals surface area contributed by atoms with E-state index in [1.807, 2.05) is 41.3 Å². The number of fused-ring (bicyclic) bond motifs is 1. The number of pyridine rings is 1. The lowest BCUT2D eigenvalue weighted by molar-refractivity contribution is -0.119. The first-order valence-corrected chi connectivity index (χ1v) is 6.38. The Labute approximate surface area is 111 Å². The highest BCUT2D eigenvalue weighted by Gasteiger charge is 2.27. The van der Waals surface area contributed by atoms with Crippen molar-refractivity contribution < 1.29 is 4.79 Å². The molecule has 5 nitrogen and oxygen atoms in total. The van der Waals surface area contributed by atoms with Gasteiger partial charge in [-0.05, 0) is 18.2 Å². The minimum Gasteiger partial charge on any atom is -0.368 e. The lowest BCUT2D eigenvalue weighted by atomic mass is 10.1. The average Bonchev–Trinajstić information content (AvgIpc) is 2.46. The molecular formula is C14H16N4O. The normalized spacial score (nSPS) is 19.6. The maximum atomic E-state index is 11.5. The summed E-state index contributed by atoms with van der Waals surface area (Å²) in [6.45, 7) is 2.14. The summed E-state index contributed by atoms with van der Waals surface area (Å²) in [6.07, 6.45) is 0. The smallest absolute Gasteiger partial charge is 0.241 e. The van der Waals surface area contributed by atoms with Gasteiger partial charge in [0.15, 0.2) is 0 Å². The lowest BCUT2D eigenvalue weighted by Gasteiger charge is -2.35. The molecule has 98 valence electrons. The van der Waals surface area contributed by atoms with E-state index in [9.17, 15) is 4.79 Å². The molecule has 1 saturated heterocycles. The first-order valence-electron chi connectivity index (χ1n) is 6.38. The van der Waals surface area contributed by atoms with Crippen molar-refractivity contribution in [3.8, 4) is 0 Å². The lowest BCUT2D eigenvalue weighted by Crippen LogP contribution is -2.57. The highest BCUT2D eigenvalue weighted by Crippen LogP contribution is 2.20. The SMILES string of the molecule is NC(=O)C1CNCCN1c1ccc2ccccc2n1. The van der Waals surface area contributed by atoms with Crippen LogP contribution in [-0.4, -0.2) is 36.6 Å². The number of carbonyl (C=O) groups excluding carboxylic acids is 1. The summed E-state index contributed by atoms with van der Waals surface area (Å²) in [7, 11) is 0. The quantitative estimate of drug-likeness (QED) is 0.820. The zero-order valence-corrected chi connectivity index (χ0v) is 10.5. The fraction of sp³-hybridized carbons (Fsp3) is 0.286. The Morgan fingerprint density at radius 3 is 3.00 bits per heavy atom. The van der Waals surface area contributed by atoms with Crippen molar-refractivity contribution in [2.45, 2.75) is 6.04 Å². The summed E-state index contributed by atoms with van der Waals surface area (Å²) in [4.78, 5) is 18.1. The number of para-hydroxylation sites is 1. The molecule has 5 heteroatoms. The number of nitrogens with one attached hydrogen (secondary N) is 1. The van der Waals surface area contributed by atoms with Crippen LogP contribution in [0.5, 0.6) is 0 Å². The third-order valence-corrected chi connectivity index (χ3v) is 3.45. The number of amides is 1. The van der Waals surface area contributed by atoms with Crippen LogP contribution in [0.1, 0.15) is 0 Å². The zero-order chi connectivity index (χ0) is 13.2. The first kappa shape index (κ1) is 11.9. The van der Waals surface area contributed by atoms with Crippen LogP contribution in [0.3, 0.4) is 0 Å². The number of primary amides is 1. The van der Waals surface area contributed by atoms with Crippen molar-refractivity contribution in [1.82, 2.24) is 10.3 Å². The van der Waals surface area contributed by atoms with Gasteiger partial charge in [0.1, 0.15) is 11.9 Å². The van der Waals surface area contributed by atoms with Crippen molar-refractivity contribution in [2.24, 2.45) is 5.73 Å². The Balaban J connectivity index is 1.99. The molecule has 2 aromatic rings. The Kier molecular flexibility index (Phi) is 3.05. The van der Waals surface area contributed by atoms with Gasteiger partial charge in [0.2, 0.25) is 5.91 Å². The van der Waals surface area contributed by atoms with E-state index in [0.717, 1.165) is 29.8 Å². The predicted octanol–water partition coefficient (Wildman–Crippen LogP) is 0.498. The van der Waals surface area contributed by atoms with E-state index >= 15 is 0 Å². The van der Waals surface area contributed by atoms with Gasteiger partial charge in [-0.2, -0.15) is 0 Å². The molecule has 0 bridgehead atoms. The highest BCUT2D eigenvalue weighted by atomic mass is 16.1. The van der Waals surface area contributed by atoms with E-state index in [1.165, 1.54) is 0 Å². The van der Waals surface area contributed by atoms with Crippen LogP contribution in [0.15, 0.2) is 36.4 Å². The van der Waals surface area contributed by atoms with Crippen molar-refractivity contribution in [2.75, 3.05) is 24.5 Å². The summed E-state index contributed by atoms with van der Waals surface area (Å²) in [6, 6.07) is 11.6. The van der Waals surface area contributed by atoms with Gasteiger partial charge >= 0.3 is 0 Å². The summed E-state index contributed by atoms with van der Waals surface area (Å²) in [5.74, 6) is 0.492. The van der Waals surface area contributed by atoms with Gasteiger partial charge in [0.05, 0.1) is 5.52 Å². The molecule has 1 aromatic heterocycles. The van der Waals surface area contributed by atoms with Crippen LogP contribution in [0.25, 0.3) is 10.9 Å². The topological polar surface area (TPSA) is 71.2 Å². The van der Waals surface area contributed by atoms with E-state index in [-0.39, 0.29) is 11.9 Å². The average molecular weight is 256 g/mol. The number of hydrogen-bond donors (Lipinski definition) is 2. The Hall–Kier alpha value is -2.14. The van der Waals surface area contributed by atoms with E-state index in [2.05, 4.69) is 10.3 Å². The number of carbonyl (C=O) groups is 1. The molecule has 1 aliphatic rings. The van der Waals surface area contributed by atoms with E-state index in [0.29, 0.717) is 6.54 Å². The van der Waals surface area contributed by atoms with Crippen LogP contribution in [0, 0.1) is 0 Å². The van der Waals surface area contributed by atoms with Crippen molar-refractivity contribution >= 4 is 22.6 Å². The molecule has 0 saturated carbocycles.